The summed E-state index contributed by atoms with van der Waals surface area (Å²) >= 11 is 0. The first-order valence-corrected chi connectivity index (χ1v) is 9.93. The summed E-state index contributed by atoms with van der Waals surface area (Å²) in [6, 6.07) is 6.62. The molecule has 0 aromatic heterocycles. The van der Waals surface area contributed by atoms with E-state index in [2.05, 4.69) is 0 Å². The minimum absolute atomic E-state index is 0.0332. The summed E-state index contributed by atoms with van der Waals surface area (Å²) in [5.41, 5.74) is 0.659. The zero-order chi connectivity index (χ0) is 20.1. The molecule has 0 atom stereocenters. The second-order valence-electron chi connectivity index (χ2n) is 7.18. The lowest BCUT2D eigenvalue weighted by Gasteiger charge is -2.35. The van der Waals surface area contributed by atoms with Gasteiger partial charge in [0, 0.05) is 12.6 Å². The molecule has 1 aromatic carbocycles. The van der Waals surface area contributed by atoms with Crippen LogP contribution in [0.25, 0.3) is 0 Å². The first-order chi connectivity index (χ1) is 13.5. The van der Waals surface area contributed by atoms with E-state index in [1.807, 2.05) is 0 Å². The first-order valence-electron chi connectivity index (χ1n) is 9.93. The van der Waals surface area contributed by atoms with Crippen LogP contribution in [-0.4, -0.2) is 59.2 Å². The first kappa shape index (κ1) is 20.0. The molecule has 3 rings (SSSR count). The molecule has 7 heteroatoms. The second-order valence-corrected chi connectivity index (χ2v) is 7.18. The number of imide groups is 1. The Morgan fingerprint density at radius 3 is 2.25 bits per heavy atom. The molecule has 3 amide bonds. The van der Waals surface area contributed by atoms with Gasteiger partial charge < -0.3 is 9.64 Å². The van der Waals surface area contributed by atoms with Gasteiger partial charge in [-0.25, -0.2) is 0 Å². The third-order valence-corrected chi connectivity index (χ3v) is 5.37. The minimum atomic E-state index is -0.442. The van der Waals surface area contributed by atoms with Crippen molar-refractivity contribution in [3.8, 4) is 0 Å². The number of carbonyl (C=O) groups excluding carboxylic acids is 4. The molecule has 0 N–H and O–H groups in total. The zero-order valence-electron chi connectivity index (χ0n) is 16.2. The van der Waals surface area contributed by atoms with Gasteiger partial charge in [0.1, 0.15) is 6.54 Å². The van der Waals surface area contributed by atoms with E-state index in [1.54, 1.807) is 36.1 Å². The number of benzene rings is 1. The highest BCUT2D eigenvalue weighted by atomic mass is 16.5. The number of rotatable bonds is 7. The largest absolute Gasteiger partial charge is 0.466 e. The summed E-state index contributed by atoms with van der Waals surface area (Å²) < 4.78 is 4.97. The summed E-state index contributed by atoms with van der Waals surface area (Å²) in [7, 11) is 0. The molecule has 1 heterocycles. The molecule has 1 fully saturated rings. The van der Waals surface area contributed by atoms with E-state index < -0.39 is 11.8 Å². The van der Waals surface area contributed by atoms with Crippen LogP contribution in [-0.2, 0) is 14.3 Å². The fourth-order valence-electron chi connectivity index (χ4n) is 3.96. The summed E-state index contributed by atoms with van der Waals surface area (Å²) in [4.78, 5) is 52.6. The molecule has 0 bridgehead atoms. The summed E-state index contributed by atoms with van der Waals surface area (Å²) in [5.74, 6) is -1.53. The van der Waals surface area contributed by atoms with Crippen LogP contribution in [0.4, 0.5) is 0 Å². The predicted octanol–water partition coefficient (Wildman–Crippen LogP) is 2.40. The van der Waals surface area contributed by atoms with Crippen LogP contribution in [0.3, 0.4) is 0 Å². The van der Waals surface area contributed by atoms with Crippen molar-refractivity contribution < 1.29 is 23.9 Å². The summed E-state index contributed by atoms with van der Waals surface area (Å²) in [5, 5.41) is 0. The zero-order valence-corrected chi connectivity index (χ0v) is 16.2. The van der Waals surface area contributed by atoms with Crippen molar-refractivity contribution in [1.29, 1.82) is 0 Å². The van der Waals surface area contributed by atoms with Gasteiger partial charge >= 0.3 is 5.97 Å². The number of esters is 1. The van der Waals surface area contributed by atoms with Gasteiger partial charge in [0.15, 0.2) is 0 Å². The molecular weight excluding hydrogens is 360 g/mol. The fraction of sp³-hybridized carbons (Fsp3) is 0.524. The number of nitrogens with zero attached hydrogens (tertiary/aromatic N) is 2. The molecule has 1 aliphatic heterocycles. The quantitative estimate of drug-likeness (QED) is 0.531. The predicted molar refractivity (Wildman–Crippen MR) is 102 cm³/mol. The lowest BCUT2D eigenvalue weighted by atomic mass is 9.94. The summed E-state index contributed by atoms with van der Waals surface area (Å²) in [6.07, 6.45) is 5.04. The van der Waals surface area contributed by atoms with Gasteiger partial charge in [-0.15, -0.1) is 0 Å². The van der Waals surface area contributed by atoms with Crippen LogP contribution in [0.2, 0.25) is 0 Å². The SMILES string of the molecule is CCOC(=O)CCN(C(=O)CN1C(=O)c2ccccc2C1=O)C1CCCCC1. The molecule has 0 spiro atoms. The van der Waals surface area contributed by atoms with Gasteiger partial charge in [-0.05, 0) is 31.9 Å². The lowest BCUT2D eigenvalue weighted by molar-refractivity contribution is -0.144. The Kier molecular flexibility index (Phi) is 6.44. The number of ether oxygens (including phenoxy) is 1. The van der Waals surface area contributed by atoms with E-state index in [1.165, 1.54) is 0 Å². The Hall–Kier alpha value is -2.70. The van der Waals surface area contributed by atoms with Crippen molar-refractivity contribution in [3.05, 3.63) is 35.4 Å². The Balaban J connectivity index is 1.71. The van der Waals surface area contributed by atoms with Crippen LogP contribution in [0, 0.1) is 0 Å². The number of hydrogen-bond acceptors (Lipinski definition) is 5. The fourth-order valence-corrected chi connectivity index (χ4v) is 3.96. The van der Waals surface area contributed by atoms with E-state index in [-0.39, 0.29) is 37.4 Å². The highest BCUT2D eigenvalue weighted by molar-refractivity contribution is 6.22. The molecule has 7 nitrogen and oxygen atoms in total. The van der Waals surface area contributed by atoms with E-state index in [4.69, 9.17) is 4.74 Å². The van der Waals surface area contributed by atoms with Crippen molar-refractivity contribution >= 4 is 23.7 Å². The molecular formula is C21H26N2O5. The molecule has 1 aliphatic carbocycles. The monoisotopic (exact) mass is 386 g/mol. The van der Waals surface area contributed by atoms with Crippen LogP contribution in [0.1, 0.15) is 66.2 Å². The van der Waals surface area contributed by atoms with Crippen molar-refractivity contribution in [2.75, 3.05) is 19.7 Å². The summed E-state index contributed by atoms with van der Waals surface area (Å²) in [6.45, 7) is 1.98. The number of hydrogen-bond donors (Lipinski definition) is 0. The van der Waals surface area contributed by atoms with Crippen molar-refractivity contribution in [2.45, 2.75) is 51.5 Å². The minimum Gasteiger partial charge on any atom is -0.466 e. The van der Waals surface area contributed by atoms with Crippen molar-refractivity contribution in [2.24, 2.45) is 0 Å². The highest BCUT2D eigenvalue weighted by Gasteiger charge is 2.38. The standard InChI is InChI=1S/C21H26N2O5/c1-2-28-19(25)12-13-22(15-8-4-3-5-9-15)18(24)14-23-20(26)16-10-6-7-11-17(16)21(23)27/h6-7,10-11,15H,2-5,8-9,12-14H2,1H3. The van der Waals surface area contributed by atoms with Gasteiger partial charge in [0.25, 0.3) is 11.8 Å². The molecule has 28 heavy (non-hydrogen) atoms. The molecule has 1 aromatic rings. The van der Waals surface area contributed by atoms with Gasteiger partial charge in [-0.3, -0.25) is 24.1 Å². The Bertz CT molecular complexity index is 735. The lowest BCUT2D eigenvalue weighted by Crippen LogP contribution is -2.48. The van der Waals surface area contributed by atoms with Crippen molar-refractivity contribution in [3.63, 3.8) is 0 Å². The smallest absolute Gasteiger partial charge is 0.307 e. The molecule has 1 saturated carbocycles. The van der Waals surface area contributed by atoms with Crippen LogP contribution < -0.4 is 0 Å². The number of amides is 3. The Labute approximate surface area is 164 Å². The van der Waals surface area contributed by atoms with Crippen molar-refractivity contribution in [1.82, 2.24) is 9.80 Å². The van der Waals surface area contributed by atoms with Gasteiger partial charge in [0.05, 0.1) is 24.2 Å². The van der Waals surface area contributed by atoms with E-state index in [0.717, 1.165) is 37.0 Å². The molecule has 150 valence electrons. The van der Waals surface area contributed by atoms with Crippen LogP contribution >= 0.6 is 0 Å². The van der Waals surface area contributed by atoms with Crippen LogP contribution in [0.5, 0.6) is 0 Å². The maximum absolute atomic E-state index is 13.0. The Morgan fingerprint density at radius 1 is 1.07 bits per heavy atom. The molecule has 2 aliphatic rings. The van der Waals surface area contributed by atoms with Crippen LogP contribution in [0.15, 0.2) is 24.3 Å². The van der Waals surface area contributed by atoms with Gasteiger partial charge in [-0.1, -0.05) is 31.4 Å². The van der Waals surface area contributed by atoms with E-state index in [0.29, 0.717) is 17.7 Å². The number of fused-ring (bicyclic) bond motifs is 1. The van der Waals surface area contributed by atoms with E-state index >= 15 is 0 Å². The third kappa shape index (κ3) is 4.24. The maximum atomic E-state index is 13.0. The number of carbonyl (C=O) groups is 4. The molecule has 0 saturated heterocycles. The topological polar surface area (TPSA) is 84.0 Å². The van der Waals surface area contributed by atoms with Gasteiger partial charge in [0.2, 0.25) is 5.91 Å². The van der Waals surface area contributed by atoms with E-state index in [9.17, 15) is 19.2 Å². The molecule has 0 unspecified atom stereocenters. The van der Waals surface area contributed by atoms with Gasteiger partial charge in [-0.2, -0.15) is 0 Å². The molecule has 0 radical (unpaired) electrons. The maximum Gasteiger partial charge on any atom is 0.307 e. The Morgan fingerprint density at radius 2 is 1.68 bits per heavy atom. The average Bonchev–Trinajstić information content (AvgIpc) is 2.94. The highest BCUT2D eigenvalue weighted by Crippen LogP contribution is 2.25. The normalized spacial score (nSPS) is 16.8. The second kappa shape index (κ2) is 8.99. The third-order valence-electron chi connectivity index (χ3n) is 5.37. The average molecular weight is 386 g/mol.